The number of carbonyl (C=O) groups is 1. The van der Waals surface area contributed by atoms with Crippen molar-refractivity contribution in [3.63, 3.8) is 0 Å². The minimum atomic E-state index is -1.08. The van der Waals surface area contributed by atoms with Crippen molar-refractivity contribution in [1.29, 1.82) is 0 Å². The molecule has 0 saturated heterocycles. The third-order valence-corrected chi connectivity index (χ3v) is 5.67. The standard InChI is InChI=1S/C23H25NO3S/c1-18-9-11-20(12-10-18)16-28(26)17-21-13-14-22(27-21)23(25)24-15-5-8-19-6-3-2-4-7-19/h2-4,6-7,9-14H,5,8,15-17H2,1H3,(H,24,25)/t28-/m1/s1. The summed E-state index contributed by atoms with van der Waals surface area (Å²) < 4.78 is 17.9. The number of hydrogen-bond donors (Lipinski definition) is 1. The van der Waals surface area contributed by atoms with Crippen molar-refractivity contribution in [3.8, 4) is 0 Å². The molecule has 0 radical (unpaired) electrons. The van der Waals surface area contributed by atoms with Gasteiger partial charge in [-0.15, -0.1) is 0 Å². The van der Waals surface area contributed by atoms with E-state index in [2.05, 4.69) is 17.4 Å². The summed E-state index contributed by atoms with van der Waals surface area (Å²) in [5, 5.41) is 2.87. The van der Waals surface area contributed by atoms with Gasteiger partial charge in [-0.2, -0.15) is 0 Å². The lowest BCUT2D eigenvalue weighted by Gasteiger charge is -2.04. The van der Waals surface area contributed by atoms with Crippen molar-refractivity contribution < 1.29 is 13.4 Å². The summed E-state index contributed by atoms with van der Waals surface area (Å²) in [6.07, 6.45) is 1.78. The van der Waals surface area contributed by atoms with Crippen LogP contribution in [-0.2, 0) is 28.7 Å². The number of nitrogens with one attached hydrogen (secondary N) is 1. The Morgan fingerprint density at radius 2 is 1.68 bits per heavy atom. The maximum atomic E-state index is 12.3. The van der Waals surface area contributed by atoms with Gasteiger partial charge in [-0.1, -0.05) is 60.2 Å². The van der Waals surface area contributed by atoms with E-state index in [-0.39, 0.29) is 11.7 Å². The van der Waals surface area contributed by atoms with Gasteiger partial charge in [0.2, 0.25) is 0 Å². The second kappa shape index (κ2) is 10.0. The van der Waals surface area contributed by atoms with Gasteiger partial charge in [0.05, 0.1) is 5.75 Å². The summed E-state index contributed by atoms with van der Waals surface area (Å²) in [6, 6.07) is 21.6. The number of amides is 1. The first-order chi connectivity index (χ1) is 13.6. The van der Waals surface area contributed by atoms with E-state index in [1.165, 1.54) is 11.1 Å². The monoisotopic (exact) mass is 395 g/mol. The fraction of sp³-hybridized carbons (Fsp3) is 0.261. The molecule has 0 aliphatic heterocycles. The van der Waals surface area contributed by atoms with Gasteiger partial charge in [0.1, 0.15) is 5.76 Å². The van der Waals surface area contributed by atoms with Crippen LogP contribution in [0.25, 0.3) is 0 Å². The first-order valence-corrected chi connectivity index (χ1v) is 10.9. The van der Waals surface area contributed by atoms with Gasteiger partial charge in [0, 0.05) is 23.1 Å². The quantitative estimate of drug-likeness (QED) is 0.546. The Morgan fingerprint density at radius 3 is 2.43 bits per heavy atom. The van der Waals surface area contributed by atoms with Crippen LogP contribution in [0.15, 0.2) is 71.1 Å². The average Bonchev–Trinajstić information content (AvgIpc) is 3.16. The molecule has 146 valence electrons. The molecule has 0 fully saturated rings. The first-order valence-electron chi connectivity index (χ1n) is 9.41. The fourth-order valence-corrected chi connectivity index (χ4v) is 4.02. The highest BCUT2D eigenvalue weighted by atomic mass is 32.2. The molecule has 1 amide bonds. The molecule has 3 aromatic rings. The summed E-state index contributed by atoms with van der Waals surface area (Å²) in [5.74, 6) is 1.38. The molecule has 5 heteroatoms. The molecule has 2 aromatic carbocycles. The van der Waals surface area contributed by atoms with E-state index in [1.807, 2.05) is 49.4 Å². The molecule has 0 aliphatic carbocycles. The minimum Gasteiger partial charge on any atom is -0.455 e. The highest BCUT2D eigenvalue weighted by Crippen LogP contribution is 2.13. The molecule has 0 bridgehead atoms. The molecular weight excluding hydrogens is 370 g/mol. The average molecular weight is 396 g/mol. The van der Waals surface area contributed by atoms with E-state index in [4.69, 9.17) is 4.42 Å². The third kappa shape index (κ3) is 6.20. The van der Waals surface area contributed by atoms with E-state index >= 15 is 0 Å². The van der Waals surface area contributed by atoms with E-state index < -0.39 is 10.8 Å². The Kier molecular flexibility index (Phi) is 7.20. The van der Waals surface area contributed by atoms with Crippen LogP contribution in [-0.4, -0.2) is 16.7 Å². The minimum absolute atomic E-state index is 0.233. The van der Waals surface area contributed by atoms with Crippen molar-refractivity contribution in [2.24, 2.45) is 0 Å². The largest absolute Gasteiger partial charge is 0.455 e. The lowest BCUT2D eigenvalue weighted by Crippen LogP contribution is -2.24. The van der Waals surface area contributed by atoms with Crippen molar-refractivity contribution in [3.05, 3.63) is 94.9 Å². The SMILES string of the molecule is Cc1ccc(C[S@@](=O)Cc2ccc(C(=O)NCCCc3ccccc3)o2)cc1. The summed E-state index contributed by atoms with van der Waals surface area (Å²) in [4.78, 5) is 12.2. The highest BCUT2D eigenvalue weighted by Gasteiger charge is 2.13. The zero-order valence-corrected chi connectivity index (χ0v) is 16.8. The van der Waals surface area contributed by atoms with E-state index in [1.54, 1.807) is 12.1 Å². The molecular formula is C23H25NO3S. The van der Waals surface area contributed by atoms with Gasteiger partial charge in [0.15, 0.2) is 5.76 Å². The van der Waals surface area contributed by atoms with Crippen molar-refractivity contribution in [2.45, 2.75) is 31.3 Å². The second-order valence-corrected chi connectivity index (χ2v) is 8.28. The summed E-state index contributed by atoms with van der Waals surface area (Å²) in [7, 11) is -1.08. The number of carbonyl (C=O) groups excluding carboxylic acids is 1. The van der Waals surface area contributed by atoms with Crippen LogP contribution < -0.4 is 5.32 Å². The maximum Gasteiger partial charge on any atom is 0.286 e. The van der Waals surface area contributed by atoms with Gasteiger partial charge >= 0.3 is 0 Å². The van der Waals surface area contributed by atoms with Crippen LogP contribution in [0.1, 0.15) is 39.4 Å². The lowest BCUT2D eigenvalue weighted by atomic mass is 10.1. The van der Waals surface area contributed by atoms with Gasteiger partial charge < -0.3 is 9.73 Å². The van der Waals surface area contributed by atoms with Crippen molar-refractivity contribution in [2.75, 3.05) is 6.54 Å². The Bertz CT molecular complexity index is 917. The summed E-state index contributed by atoms with van der Waals surface area (Å²) >= 11 is 0. The molecule has 1 heterocycles. The van der Waals surface area contributed by atoms with Gasteiger partial charge in [-0.05, 0) is 43.0 Å². The predicted octanol–water partition coefficient (Wildman–Crippen LogP) is 4.40. The maximum absolute atomic E-state index is 12.3. The van der Waals surface area contributed by atoms with Crippen LogP contribution in [0.5, 0.6) is 0 Å². The smallest absolute Gasteiger partial charge is 0.286 e. The molecule has 0 saturated carbocycles. The predicted molar refractivity (Wildman–Crippen MR) is 113 cm³/mol. The number of rotatable bonds is 9. The highest BCUT2D eigenvalue weighted by molar-refractivity contribution is 7.83. The van der Waals surface area contributed by atoms with E-state index in [9.17, 15) is 9.00 Å². The topological polar surface area (TPSA) is 59.3 Å². The molecule has 3 rings (SSSR count). The zero-order valence-electron chi connectivity index (χ0n) is 16.0. The van der Waals surface area contributed by atoms with E-state index in [0.717, 1.165) is 18.4 Å². The van der Waals surface area contributed by atoms with E-state index in [0.29, 0.717) is 23.8 Å². The Labute approximate surface area is 168 Å². The third-order valence-electron chi connectivity index (χ3n) is 4.41. The van der Waals surface area contributed by atoms with Crippen LogP contribution in [0.2, 0.25) is 0 Å². The Hall–Kier alpha value is -2.66. The molecule has 0 unspecified atom stereocenters. The number of benzene rings is 2. The molecule has 28 heavy (non-hydrogen) atoms. The number of furan rings is 1. The molecule has 1 atom stereocenters. The number of hydrogen-bond acceptors (Lipinski definition) is 3. The normalized spacial score (nSPS) is 11.9. The van der Waals surface area contributed by atoms with Gasteiger partial charge in [0.25, 0.3) is 5.91 Å². The molecule has 0 aliphatic rings. The fourth-order valence-electron chi connectivity index (χ4n) is 2.88. The zero-order chi connectivity index (χ0) is 19.8. The van der Waals surface area contributed by atoms with Gasteiger partial charge in [-0.25, -0.2) is 0 Å². The molecule has 4 nitrogen and oxygen atoms in total. The molecule has 1 aromatic heterocycles. The number of aryl methyl sites for hydroxylation is 2. The van der Waals surface area contributed by atoms with Crippen LogP contribution in [0, 0.1) is 6.92 Å². The Balaban J connectivity index is 1.43. The van der Waals surface area contributed by atoms with Crippen LogP contribution >= 0.6 is 0 Å². The first kappa shape index (κ1) is 20.1. The lowest BCUT2D eigenvalue weighted by molar-refractivity contribution is 0.0924. The molecule has 1 N–H and O–H groups in total. The second-order valence-electron chi connectivity index (χ2n) is 6.83. The van der Waals surface area contributed by atoms with Crippen molar-refractivity contribution >= 4 is 16.7 Å². The summed E-state index contributed by atoms with van der Waals surface area (Å²) in [5.41, 5.74) is 3.47. The van der Waals surface area contributed by atoms with Crippen LogP contribution in [0.3, 0.4) is 0 Å². The van der Waals surface area contributed by atoms with Crippen LogP contribution in [0.4, 0.5) is 0 Å². The molecule has 0 spiro atoms. The Morgan fingerprint density at radius 1 is 0.929 bits per heavy atom. The van der Waals surface area contributed by atoms with Gasteiger partial charge in [-0.3, -0.25) is 9.00 Å². The summed E-state index contributed by atoms with van der Waals surface area (Å²) in [6.45, 7) is 2.61. The van der Waals surface area contributed by atoms with Crippen molar-refractivity contribution in [1.82, 2.24) is 5.32 Å².